The lowest BCUT2D eigenvalue weighted by molar-refractivity contribution is -0.123. The van der Waals surface area contributed by atoms with Crippen LogP contribution in [0.1, 0.15) is 44.9 Å². The van der Waals surface area contributed by atoms with Gasteiger partial charge in [0.2, 0.25) is 5.91 Å². The summed E-state index contributed by atoms with van der Waals surface area (Å²) in [6, 6.07) is 0.451. The van der Waals surface area contributed by atoms with Crippen LogP contribution in [0.5, 0.6) is 0 Å². The summed E-state index contributed by atoms with van der Waals surface area (Å²) in [7, 11) is 0. The highest BCUT2D eigenvalue weighted by atomic mass is 16.2. The number of hydrogen-bond acceptors (Lipinski definition) is 3. The molecule has 1 aliphatic heterocycles. The molecule has 0 aromatic rings. The van der Waals surface area contributed by atoms with E-state index in [1.54, 1.807) is 0 Å². The highest BCUT2D eigenvalue weighted by Crippen LogP contribution is 2.20. The summed E-state index contributed by atoms with van der Waals surface area (Å²) < 4.78 is 0. The first kappa shape index (κ1) is 13.8. The fourth-order valence-electron chi connectivity index (χ4n) is 3.22. The molecule has 2 fully saturated rings. The van der Waals surface area contributed by atoms with Crippen LogP contribution in [0.2, 0.25) is 0 Å². The van der Waals surface area contributed by atoms with Crippen LogP contribution in [0.4, 0.5) is 0 Å². The van der Waals surface area contributed by atoms with Crippen molar-refractivity contribution in [2.45, 2.75) is 51.0 Å². The van der Waals surface area contributed by atoms with E-state index < -0.39 is 0 Å². The number of amides is 1. The minimum atomic E-state index is 0.221. The lowest BCUT2D eigenvalue weighted by atomic mass is 9.94. The summed E-state index contributed by atoms with van der Waals surface area (Å²) in [6.07, 6.45) is 8.43. The van der Waals surface area contributed by atoms with E-state index in [-0.39, 0.29) is 5.91 Å². The lowest BCUT2D eigenvalue weighted by Gasteiger charge is -2.31. The van der Waals surface area contributed by atoms with Gasteiger partial charge in [0.05, 0.1) is 6.54 Å². The molecule has 1 saturated heterocycles. The van der Waals surface area contributed by atoms with E-state index in [9.17, 15) is 4.79 Å². The lowest BCUT2D eigenvalue weighted by Crippen LogP contribution is -2.44. The normalized spacial score (nSPS) is 23.4. The molecule has 1 aliphatic carbocycles. The Kier molecular flexibility index (Phi) is 5.45. The van der Waals surface area contributed by atoms with Crippen LogP contribution in [-0.2, 0) is 4.79 Å². The molecule has 0 aromatic heterocycles. The minimum absolute atomic E-state index is 0.221. The molecule has 0 bridgehead atoms. The second-order valence-electron chi connectivity index (χ2n) is 5.85. The van der Waals surface area contributed by atoms with Gasteiger partial charge in [-0.25, -0.2) is 0 Å². The van der Waals surface area contributed by atoms with E-state index >= 15 is 0 Å². The number of carbonyl (C=O) groups is 1. The predicted molar refractivity (Wildman–Crippen MR) is 73.2 cm³/mol. The number of carbonyl (C=O) groups excluding carboxylic acids is 1. The Morgan fingerprint density at radius 1 is 1.17 bits per heavy atom. The maximum atomic E-state index is 11.9. The zero-order valence-electron chi connectivity index (χ0n) is 11.4. The Bertz CT molecular complexity index is 256. The highest BCUT2D eigenvalue weighted by molar-refractivity contribution is 5.78. The second-order valence-corrected chi connectivity index (χ2v) is 5.85. The quantitative estimate of drug-likeness (QED) is 0.771. The van der Waals surface area contributed by atoms with E-state index in [1.165, 1.54) is 38.5 Å². The van der Waals surface area contributed by atoms with Crippen molar-refractivity contribution in [2.75, 3.05) is 26.2 Å². The van der Waals surface area contributed by atoms with Crippen LogP contribution in [-0.4, -0.2) is 43.0 Å². The van der Waals surface area contributed by atoms with E-state index in [2.05, 4.69) is 10.2 Å². The summed E-state index contributed by atoms with van der Waals surface area (Å²) in [6.45, 7) is 3.50. The molecule has 4 nitrogen and oxygen atoms in total. The van der Waals surface area contributed by atoms with Gasteiger partial charge in [0.15, 0.2) is 0 Å². The Morgan fingerprint density at radius 3 is 2.44 bits per heavy atom. The molecule has 3 N–H and O–H groups in total. The van der Waals surface area contributed by atoms with E-state index in [0.29, 0.717) is 12.6 Å². The van der Waals surface area contributed by atoms with Crippen molar-refractivity contribution < 1.29 is 4.79 Å². The van der Waals surface area contributed by atoms with Crippen LogP contribution in [0, 0.1) is 5.92 Å². The van der Waals surface area contributed by atoms with Crippen molar-refractivity contribution in [1.82, 2.24) is 10.2 Å². The van der Waals surface area contributed by atoms with Gasteiger partial charge in [-0.1, -0.05) is 12.8 Å². The first-order chi connectivity index (χ1) is 8.78. The molecule has 1 saturated carbocycles. The Labute approximate surface area is 110 Å². The SMILES string of the molecule is NCCC1CCN(CC(=O)NC2CCCC2)CC1. The van der Waals surface area contributed by atoms with Gasteiger partial charge >= 0.3 is 0 Å². The third kappa shape index (κ3) is 4.25. The summed E-state index contributed by atoms with van der Waals surface area (Å²) >= 11 is 0. The average Bonchev–Trinajstić information content (AvgIpc) is 2.84. The Morgan fingerprint density at radius 2 is 1.83 bits per heavy atom. The second kappa shape index (κ2) is 7.10. The van der Waals surface area contributed by atoms with Crippen molar-refractivity contribution in [1.29, 1.82) is 0 Å². The summed E-state index contributed by atoms with van der Waals surface area (Å²) in [5.41, 5.74) is 5.59. The van der Waals surface area contributed by atoms with E-state index in [1.807, 2.05) is 0 Å². The van der Waals surface area contributed by atoms with Crippen molar-refractivity contribution in [3.8, 4) is 0 Å². The molecular weight excluding hydrogens is 226 g/mol. The van der Waals surface area contributed by atoms with E-state index in [4.69, 9.17) is 5.73 Å². The molecule has 0 atom stereocenters. The standard InChI is InChI=1S/C14H27N3O/c15-8-5-12-6-9-17(10-7-12)11-14(18)16-13-3-1-2-4-13/h12-13H,1-11,15H2,(H,16,18). The number of piperidine rings is 1. The maximum absolute atomic E-state index is 11.9. The van der Waals surface area contributed by atoms with Crippen LogP contribution < -0.4 is 11.1 Å². The fourth-order valence-corrected chi connectivity index (χ4v) is 3.22. The molecule has 2 rings (SSSR count). The molecule has 0 aromatic carbocycles. The largest absolute Gasteiger partial charge is 0.352 e. The maximum Gasteiger partial charge on any atom is 0.234 e. The number of nitrogens with one attached hydrogen (secondary N) is 1. The molecule has 0 unspecified atom stereocenters. The molecule has 0 radical (unpaired) electrons. The summed E-state index contributed by atoms with van der Waals surface area (Å²) in [5.74, 6) is 1.00. The van der Waals surface area contributed by atoms with Gasteiger partial charge < -0.3 is 11.1 Å². The summed E-state index contributed by atoms with van der Waals surface area (Å²) in [5, 5.41) is 3.16. The highest BCUT2D eigenvalue weighted by Gasteiger charge is 2.22. The number of likely N-dealkylation sites (tertiary alicyclic amines) is 1. The predicted octanol–water partition coefficient (Wildman–Crippen LogP) is 1.11. The third-order valence-corrected chi connectivity index (χ3v) is 4.37. The number of nitrogens with two attached hydrogens (primary N) is 1. The molecule has 104 valence electrons. The molecule has 2 aliphatic rings. The van der Waals surface area contributed by atoms with Crippen molar-refractivity contribution in [3.05, 3.63) is 0 Å². The topological polar surface area (TPSA) is 58.4 Å². The van der Waals surface area contributed by atoms with Gasteiger partial charge in [0.1, 0.15) is 0 Å². The van der Waals surface area contributed by atoms with Crippen LogP contribution in [0.15, 0.2) is 0 Å². The van der Waals surface area contributed by atoms with Gasteiger partial charge in [-0.15, -0.1) is 0 Å². The smallest absolute Gasteiger partial charge is 0.234 e. The Balaban J connectivity index is 1.63. The van der Waals surface area contributed by atoms with Gasteiger partial charge in [-0.2, -0.15) is 0 Å². The van der Waals surface area contributed by atoms with Crippen LogP contribution in [0.3, 0.4) is 0 Å². The van der Waals surface area contributed by atoms with Gasteiger partial charge in [0.25, 0.3) is 0 Å². The van der Waals surface area contributed by atoms with Crippen LogP contribution in [0.25, 0.3) is 0 Å². The van der Waals surface area contributed by atoms with Gasteiger partial charge in [-0.05, 0) is 57.7 Å². The fraction of sp³-hybridized carbons (Fsp3) is 0.929. The third-order valence-electron chi connectivity index (χ3n) is 4.37. The molecule has 4 heteroatoms. The molecule has 1 amide bonds. The minimum Gasteiger partial charge on any atom is -0.352 e. The van der Waals surface area contributed by atoms with Gasteiger partial charge in [-0.3, -0.25) is 9.69 Å². The van der Waals surface area contributed by atoms with Crippen LogP contribution >= 0.6 is 0 Å². The Hall–Kier alpha value is -0.610. The molecule has 0 spiro atoms. The zero-order chi connectivity index (χ0) is 12.8. The van der Waals surface area contributed by atoms with Crippen molar-refractivity contribution in [2.24, 2.45) is 11.7 Å². The zero-order valence-corrected chi connectivity index (χ0v) is 11.4. The average molecular weight is 253 g/mol. The monoisotopic (exact) mass is 253 g/mol. The number of rotatable bonds is 5. The number of nitrogens with zero attached hydrogens (tertiary/aromatic N) is 1. The van der Waals surface area contributed by atoms with Crippen molar-refractivity contribution in [3.63, 3.8) is 0 Å². The summed E-state index contributed by atoms with van der Waals surface area (Å²) in [4.78, 5) is 14.2. The molecule has 18 heavy (non-hydrogen) atoms. The number of hydrogen-bond donors (Lipinski definition) is 2. The first-order valence-corrected chi connectivity index (χ1v) is 7.49. The first-order valence-electron chi connectivity index (χ1n) is 7.49. The van der Waals surface area contributed by atoms with E-state index in [0.717, 1.165) is 32.0 Å². The molecule has 1 heterocycles. The van der Waals surface area contributed by atoms with Crippen molar-refractivity contribution >= 4 is 5.91 Å². The van der Waals surface area contributed by atoms with Gasteiger partial charge in [0, 0.05) is 6.04 Å². The molecular formula is C14H27N3O.